The van der Waals surface area contributed by atoms with Gasteiger partial charge in [-0.3, -0.25) is 4.79 Å². The zero-order valence-electron chi connectivity index (χ0n) is 6.84. The molecule has 0 aromatic heterocycles. The maximum atomic E-state index is 11.2. The van der Waals surface area contributed by atoms with Gasteiger partial charge in [-0.05, 0) is 19.3 Å². The number of hydrogen-bond acceptors (Lipinski definition) is 1. The van der Waals surface area contributed by atoms with E-state index in [0.29, 0.717) is 11.8 Å². The molecular formula is C9H13NO. The van der Waals surface area contributed by atoms with Crippen LogP contribution in [0.2, 0.25) is 0 Å². The molecule has 1 unspecified atom stereocenters. The first-order valence-electron chi connectivity index (χ1n) is 4.25. The molecular weight excluding hydrogens is 138 g/mol. The largest absolute Gasteiger partial charge is 0.319 e. The minimum atomic E-state index is 0.295. The quantitative estimate of drug-likeness (QED) is 0.514. The summed E-state index contributed by atoms with van der Waals surface area (Å²) < 4.78 is 0. The van der Waals surface area contributed by atoms with Crippen molar-refractivity contribution in [2.24, 2.45) is 5.92 Å². The van der Waals surface area contributed by atoms with Crippen LogP contribution in [0.4, 0.5) is 0 Å². The van der Waals surface area contributed by atoms with E-state index in [-0.39, 0.29) is 0 Å². The fraction of sp³-hybridized carbons (Fsp3) is 0.667. The number of carbonyl (C=O) groups is 1. The van der Waals surface area contributed by atoms with Crippen molar-refractivity contribution in [2.75, 3.05) is 7.05 Å². The van der Waals surface area contributed by atoms with Gasteiger partial charge in [0.1, 0.15) is 0 Å². The van der Waals surface area contributed by atoms with Gasteiger partial charge in [-0.2, -0.15) is 0 Å². The Kier molecular flexibility index (Phi) is 1.48. The zero-order chi connectivity index (χ0) is 7.84. The highest BCUT2D eigenvalue weighted by Gasteiger charge is 2.32. The van der Waals surface area contributed by atoms with Crippen LogP contribution in [0.25, 0.3) is 0 Å². The summed E-state index contributed by atoms with van der Waals surface area (Å²) >= 11 is 0. The molecule has 1 saturated heterocycles. The van der Waals surface area contributed by atoms with E-state index >= 15 is 0 Å². The first kappa shape index (κ1) is 6.89. The van der Waals surface area contributed by atoms with Crippen LogP contribution in [-0.2, 0) is 4.79 Å². The molecule has 2 rings (SSSR count). The zero-order valence-corrected chi connectivity index (χ0v) is 6.84. The number of fused-ring (bicyclic) bond motifs is 1. The van der Waals surface area contributed by atoms with E-state index in [0.717, 1.165) is 12.8 Å². The van der Waals surface area contributed by atoms with Crippen LogP contribution in [0, 0.1) is 5.92 Å². The molecule has 2 aliphatic rings. The lowest BCUT2D eigenvalue weighted by Crippen LogP contribution is -2.18. The van der Waals surface area contributed by atoms with Gasteiger partial charge in [0.2, 0.25) is 5.91 Å². The van der Waals surface area contributed by atoms with Crippen molar-refractivity contribution in [3.63, 3.8) is 0 Å². The molecule has 2 heteroatoms. The van der Waals surface area contributed by atoms with Gasteiger partial charge in [0.05, 0.1) is 0 Å². The lowest BCUT2D eigenvalue weighted by molar-refractivity contribution is -0.125. The average molecular weight is 151 g/mol. The summed E-state index contributed by atoms with van der Waals surface area (Å²) in [5.41, 5.74) is 1.28. The Morgan fingerprint density at radius 3 is 3.18 bits per heavy atom. The lowest BCUT2D eigenvalue weighted by Gasteiger charge is -2.19. The lowest BCUT2D eigenvalue weighted by atomic mass is 9.92. The van der Waals surface area contributed by atoms with E-state index in [9.17, 15) is 4.79 Å². The van der Waals surface area contributed by atoms with Crippen molar-refractivity contribution in [1.29, 1.82) is 0 Å². The number of rotatable bonds is 0. The molecule has 1 aliphatic carbocycles. The van der Waals surface area contributed by atoms with E-state index in [1.54, 1.807) is 0 Å². The third kappa shape index (κ3) is 0.971. The van der Waals surface area contributed by atoms with Gasteiger partial charge in [0.15, 0.2) is 0 Å². The molecule has 2 nitrogen and oxygen atoms in total. The Balaban J connectivity index is 2.27. The molecule has 1 atom stereocenters. The average Bonchev–Trinajstić information content (AvgIpc) is 2.30. The normalized spacial score (nSPS) is 30.3. The summed E-state index contributed by atoms with van der Waals surface area (Å²) in [5.74, 6) is 0.851. The summed E-state index contributed by atoms with van der Waals surface area (Å²) in [6.07, 6.45) is 6.60. The predicted octanol–water partition coefficient (Wildman–Crippen LogP) is 1.53. The van der Waals surface area contributed by atoms with Crippen LogP contribution in [0.15, 0.2) is 11.8 Å². The molecule has 0 spiro atoms. The van der Waals surface area contributed by atoms with Gasteiger partial charge in [-0.15, -0.1) is 0 Å². The Labute approximate surface area is 66.9 Å². The van der Waals surface area contributed by atoms with Crippen LogP contribution in [0.3, 0.4) is 0 Å². The summed E-state index contributed by atoms with van der Waals surface area (Å²) in [6.45, 7) is 0. The van der Waals surface area contributed by atoms with Crippen LogP contribution in [-0.4, -0.2) is 17.9 Å². The van der Waals surface area contributed by atoms with Crippen molar-refractivity contribution in [1.82, 2.24) is 4.90 Å². The Hall–Kier alpha value is -0.790. The summed E-state index contributed by atoms with van der Waals surface area (Å²) in [4.78, 5) is 13.0. The van der Waals surface area contributed by atoms with Gasteiger partial charge in [-0.25, -0.2) is 0 Å². The summed E-state index contributed by atoms with van der Waals surface area (Å²) in [5, 5.41) is 0. The van der Waals surface area contributed by atoms with Crippen molar-refractivity contribution in [3.05, 3.63) is 11.8 Å². The second-order valence-electron chi connectivity index (χ2n) is 3.41. The van der Waals surface area contributed by atoms with Gasteiger partial charge >= 0.3 is 0 Å². The van der Waals surface area contributed by atoms with E-state index in [4.69, 9.17) is 0 Å². The van der Waals surface area contributed by atoms with Crippen molar-refractivity contribution in [2.45, 2.75) is 25.7 Å². The molecule has 0 aromatic rings. The molecule has 0 saturated carbocycles. The number of carbonyl (C=O) groups excluding carboxylic acids is 1. The molecule has 11 heavy (non-hydrogen) atoms. The third-order valence-electron chi connectivity index (χ3n) is 2.71. The van der Waals surface area contributed by atoms with Gasteiger partial charge in [0, 0.05) is 25.1 Å². The molecule has 0 N–H and O–H groups in total. The third-order valence-corrected chi connectivity index (χ3v) is 2.71. The monoisotopic (exact) mass is 151 g/mol. The van der Waals surface area contributed by atoms with Crippen molar-refractivity contribution < 1.29 is 4.79 Å². The number of nitrogens with zero attached hydrogens (tertiary/aromatic N) is 1. The van der Waals surface area contributed by atoms with Gasteiger partial charge in [0.25, 0.3) is 0 Å². The van der Waals surface area contributed by atoms with Crippen LogP contribution in [0.1, 0.15) is 25.7 Å². The fourth-order valence-electron chi connectivity index (χ4n) is 2.04. The second kappa shape index (κ2) is 2.36. The standard InChI is InChI=1S/C9H13NO/c1-10-8-5-3-2-4-7(8)6-9(10)11/h5,7H,2-4,6H2,1H3. The van der Waals surface area contributed by atoms with Crippen molar-refractivity contribution in [3.8, 4) is 0 Å². The summed E-state index contributed by atoms with van der Waals surface area (Å²) in [7, 11) is 1.89. The first-order chi connectivity index (χ1) is 5.29. The van der Waals surface area contributed by atoms with Crippen LogP contribution in [0.5, 0.6) is 0 Å². The van der Waals surface area contributed by atoms with E-state index in [1.165, 1.54) is 18.5 Å². The first-order valence-corrected chi connectivity index (χ1v) is 4.25. The smallest absolute Gasteiger partial charge is 0.227 e. The Bertz CT molecular complexity index is 220. The second-order valence-corrected chi connectivity index (χ2v) is 3.41. The topological polar surface area (TPSA) is 20.3 Å². The van der Waals surface area contributed by atoms with Gasteiger partial charge in [-0.1, -0.05) is 6.08 Å². The molecule has 1 heterocycles. The molecule has 0 bridgehead atoms. The molecule has 1 fully saturated rings. The van der Waals surface area contributed by atoms with Crippen molar-refractivity contribution >= 4 is 5.91 Å². The van der Waals surface area contributed by atoms with E-state index in [1.807, 2.05) is 11.9 Å². The number of likely N-dealkylation sites (tertiary alicyclic amines) is 1. The summed E-state index contributed by atoms with van der Waals surface area (Å²) in [6, 6.07) is 0. The molecule has 0 aromatic carbocycles. The van der Waals surface area contributed by atoms with Crippen LogP contribution >= 0.6 is 0 Å². The van der Waals surface area contributed by atoms with E-state index in [2.05, 4.69) is 6.08 Å². The Morgan fingerprint density at radius 2 is 2.45 bits per heavy atom. The maximum absolute atomic E-state index is 11.2. The molecule has 1 aliphatic heterocycles. The number of hydrogen-bond donors (Lipinski definition) is 0. The number of amides is 1. The van der Waals surface area contributed by atoms with Crippen LogP contribution < -0.4 is 0 Å². The highest BCUT2D eigenvalue weighted by Crippen LogP contribution is 2.35. The maximum Gasteiger partial charge on any atom is 0.227 e. The molecule has 0 radical (unpaired) electrons. The molecule has 60 valence electrons. The Morgan fingerprint density at radius 1 is 1.64 bits per heavy atom. The predicted molar refractivity (Wildman–Crippen MR) is 42.8 cm³/mol. The highest BCUT2D eigenvalue weighted by molar-refractivity contribution is 5.81. The molecule has 1 amide bonds. The minimum absolute atomic E-state index is 0.295. The highest BCUT2D eigenvalue weighted by atomic mass is 16.2. The van der Waals surface area contributed by atoms with E-state index < -0.39 is 0 Å². The minimum Gasteiger partial charge on any atom is -0.319 e. The van der Waals surface area contributed by atoms with Gasteiger partial charge < -0.3 is 4.90 Å². The fourth-order valence-corrected chi connectivity index (χ4v) is 2.04. The SMILES string of the molecule is CN1C(=O)CC2CCCC=C21. The number of allylic oxidation sites excluding steroid dienone is 2.